The van der Waals surface area contributed by atoms with Gasteiger partial charge in [-0.3, -0.25) is 0 Å². The summed E-state index contributed by atoms with van der Waals surface area (Å²) >= 11 is 4.21. The van der Waals surface area contributed by atoms with Crippen molar-refractivity contribution in [1.29, 1.82) is 0 Å². The molecule has 1 fully saturated rings. The van der Waals surface area contributed by atoms with Gasteiger partial charge in [0, 0.05) is 6.61 Å². The second-order valence-corrected chi connectivity index (χ2v) is 6.06. The Bertz CT molecular complexity index is 241. The Labute approximate surface area is 151 Å². The summed E-state index contributed by atoms with van der Waals surface area (Å²) in [6, 6.07) is 0. The molecule has 1 unspecified atom stereocenters. The minimum atomic E-state index is -0.0626. The van der Waals surface area contributed by atoms with Gasteiger partial charge in [0.2, 0.25) is 0 Å². The standard InChI is InChI=1S/C17H34O6S/c24-14-4-2-1-3-5-21-15-17-16-22-11-10-19-7-6-18-8-9-20-12-13-23-17/h17,24H,1-16H2. The molecule has 6 nitrogen and oxygen atoms in total. The molecule has 1 saturated heterocycles. The smallest absolute Gasteiger partial charge is 0.104 e. The fraction of sp³-hybridized carbons (Fsp3) is 1.00. The Balaban J connectivity index is 2.13. The van der Waals surface area contributed by atoms with Crippen molar-refractivity contribution in [3.63, 3.8) is 0 Å². The average Bonchev–Trinajstić information content (AvgIpc) is 2.60. The summed E-state index contributed by atoms with van der Waals surface area (Å²) in [5.41, 5.74) is 0. The highest BCUT2D eigenvalue weighted by Crippen LogP contribution is 2.03. The molecule has 1 heterocycles. The van der Waals surface area contributed by atoms with Crippen LogP contribution in [0.4, 0.5) is 0 Å². The van der Waals surface area contributed by atoms with Crippen LogP contribution in [-0.2, 0) is 28.4 Å². The van der Waals surface area contributed by atoms with E-state index in [-0.39, 0.29) is 6.10 Å². The van der Waals surface area contributed by atoms with E-state index >= 15 is 0 Å². The number of thiol groups is 1. The van der Waals surface area contributed by atoms with Gasteiger partial charge in [-0.1, -0.05) is 12.8 Å². The minimum Gasteiger partial charge on any atom is -0.379 e. The average molecular weight is 367 g/mol. The number of hydrogen-bond donors (Lipinski definition) is 1. The highest BCUT2D eigenvalue weighted by atomic mass is 32.1. The first kappa shape index (κ1) is 22.2. The monoisotopic (exact) mass is 366 g/mol. The van der Waals surface area contributed by atoms with Gasteiger partial charge in [-0.15, -0.1) is 0 Å². The molecule has 144 valence electrons. The number of ether oxygens (including phenoxy) is 6. The first-order chi connectivity index (χ1) is 11.9. The molecule has 0 N–H and O–H groups in total. The number of rotatable bonds is 8. The molecule has 0 aromatic carbocycles. The second-order valence-electron chi connectivity index (χ2n) is 5.62. The normalized spacial score (nSPS) is 22.6. The summed E-state index contributed by atoms with van der Waals surface area (Å²) in [4.78, 5) is 0. The van der Waals surface area contributed by atoms with Gasteiger partial charge in [0.15, 0.2) is 0 Å². The Morgan fingerprint density at radius 3 is 1.96 bits per heavy atom. The molecule has 24 heavy (non-hydrogen) atoms. The molecule has 0 spiro atoms. The molecule has 0 aliphatic carbocycles. The van der Waals surface area contributed by atoms with E-state index in [4.69, 9.17) is 28.4 Å². The molecule has 0 aromatic heterocycles. The maximum absolute atomic E-state index is 5.80. The molecule has 7 heteroatoms. The molecule has 1 aliphatic rings. The largest absolute Gasteiger partial charge is 0.379 e. The highest BCUT2D eigenvalue weighted by Gasteiger charge is 2.10. The first-order valence-electron chi connectivity index (χ1n) is 9.04. The third-order valence-electron chi connectivity index (χ3n) is 3.50. The van der Waals surface area contributed by atoms with E-state index < -0.39 is 0 Å². The van der Waals surface area contributed by atoms with E-state index in [1.807, 2.05) is 0 Å². The highest BCUT2D eigenvalue weighted by molar-refractivity contribution is 7.80. The lowest BCUT2D eigenvalue weighted by atomic mass is 10.2. The summed E-state index contributed by atoms with van der Waals surface area (Å²) in [7, 11) is 0. The lowest BCUT2D eigenvalue weighted by molar-refractivity contribution is -0.0778. The van der Waals surface area contributed by atoms with Crippen LogP contribution in [0.25, 0.3) is 0 Å². The van der Waals surface area contributed by atoms with Crippen LogP contribution in [0.1, 0.15) is 25.7 Å². The van der Waals surface area contributed by atoms with Crippen LogP contribution in [0.15, 0.2) is 0 Å². The molecule has 1 aliphatic heterocycles. The Morgan fingerprint density at radius 2 is 1.29 bits per heavy atom. The second kappa shape index (κ2) is 17.9. The van der Waals surface area contributed by atoms with E-state index in [0.29, 0.717) is 66.1 Å². The summed E-state index contributed by atoms with van der Waals surface area (Å²) in [6.07, 6.45) is 4.60. The third kappa shape index (κ3) is 14.5. The number of unbranched alkanes of at least 4 members (excludes halogenated alkanes) is 3. The molecule has 0 amide bonds. The van der Waals surface area contributed by atoms with Crippen LogP contribution in [0.2, 0.25) is 0 Å². The van der Waals surface area contributed by atoms with Gasteiger partial charge in [-0.05, 0) is 18.6 Å². The zero-order chi connectivity index (χ0) is 17.1. The molecule has 0 radical (unpaired) electrons. The van der Waals surface area contributed by atoms with Crippen molar-refractivity contribution in [3.8, 4) is 0 Å². The molecular weight excluding hydrogens is 332 g/mol. The van der Waals surface area contributed by atoms with Gasteiger partial charge in [0.05, 0.1) is 66.1 Å². The van der Waals surface area contributed by atoms with Gasteiger partial charge < -0.3 is 28.4 Å². The summed E-state index contributed by atoms with van der Waals surface area (Å²) < 4.78 is 33.4. The topological polar surface area (TPSA) is 55.4 Å². The van der Waals surface area contributed by atoms with Gasteiger partial charge in [0.1, 0.15) is 6.10 Å². The Kier molecular flexibility index (Phi) is 16.5. The Hall–Kier alpha value is 0.110. The number of hydrogen-bond acceptors (Lipinski definition) is 7. The van der Waals surface area contributed by atoms with E-state index in [1.54, 1.807) is 0 Å². The molecule has 1 atom stereocenters. The lowest BCUT2D eigenvalue weighted by Gasteiger charge is -2.18. The van der Waals surface area contributed by atoms with Crippen LogP contribution in [0.3, 0.4) is 0 Å². The molecule has 0 saturated carbocycles. The van der Waals surface area contributed by atoms with Gasteiger partial charge in [-0.2, -0.15) is 12.6 Å². The summed E-state index contributed by atoms with van der Waals surface area (Å²) in [5.74, 6) is 0.964. The van der Waals surface area contributed by atoms with Crippen molar-refractivity contribution in [2.45, 2.75) is 31.8 Å². The predicted molar refractivity (Wildman–Crippen MR) is 96.2 cm³/mol. The van der Waals surface area contributed by atoms with Crippen molar-refractivity contribution in [3.05, 3.63) is 0 Å². The lowest BCUT2D eigenvalue weighted by Crippen LogP contribution is -2.28. The molecular formula is C17H34O6S. The van der Waals surface area contributed by atoms with Crippen LogP contribution >= 0.6 is 12.6 Å². The van der Waals surface area contributed by atoms with Crippen molar-refractivity contribution < 1.29 is 28.4 Å². The van der Waals surface area contributed by atoms with Gasteiger partial charge in [-0.25, -0.2) is 0 Å². The van der Waals surface area contributed by atoms with E-state index in [0.717, 1.165) is 18.8 Å². The van der Waals surface area contributed by atoms with Crippen LogP contribution < -0.4 is 0 Å². The van der Waals surface area contributed by atoms with Gasteiger partial charge in [0.25, 0.3) is 0 Å². The molecule has 0 bridgehead atoms. The first-order valence-corrected chi connectivity index (χ1v) is 9.68. The van der Waals surface area contributed by atoms with Gasteiger partial charge >= 0.3 is 0 Å². The van der Waals surface area contributed by atoms with Crippen LogP contribution in [-0.4, -0.2) is 84.5 Å². The fourth-order valence-electron chi connectivity index (χ4n) is 2.18. The molecule has 0 aromatic rings. The fourth-order valence-corrected chi connectivity index (χ4v) is 2.40. The maximum Gasteiger partial charge on any atom is 0.104 e. The van der Waals surface area contributed by atoms with E-state index in [1.165, 1.54) is 19.3 Å². The van der Waals surface area contributed by atoms with Crippen molar-refractivity contribution in [1.82, 2.24) is 0 Å². The predicted octanol–water partition coefficient (Wildman–Crippen LogP) is 1.96. The zero-order valence-corrected chi connectivity index (χ0v) is 15.7. The summed E-state index contributed by atoms with van der Waals surface area (Å²) in [6.45, 7) is 6.38. The quantitative estimate of drug-likeness (QED) is 0.524. The summed E-state index contributed by atoms with van der Waals surface area (Å²) in [5, 5.41) is 0. The van der Waals surface area contributed by atoms with Crippen molar-refractivity contribution in [2.75, 3.05) is 78.4 Å². The third-order valence-corrected chi connectivity index (χ3v) is 3.82. The minimum absolute atomic E-state index is 0.0626. The van der Waals surface area contributed by atoms with Crippen LogP contribution in [0.5, 0.6) is 0 Å². The van der Waals surface area contributed by atoms with Crippen LogP contribution in [0, 0.1) is 0 Å². The molecule has 1 rings (SSSR count). The maximum atomic E-state index is 5.80. The van der Waals surface area contributed by atoms with Crippen molar-refractivity contribution >= 4 is 12.6 Å². The SMILES string of the molecule is SCCCCCCOCC1COCCOCCOCCOCCO1. The zero-order valence-electron chi connectivity index (χ0n) is 14.8. The Morgan fingerprint density at radius 1 is 0.708 bits per heavy atom. The van der Waals surface area contributed by atoms with E-state index in [2.05, 4.69) is 12.6 Å². The van der Waals surface area contributed by atoms with Crippen molar-refractivity contribution in [2.24, 2.45) is 0 Å². The van der Waals surface area contributed by atoms with E-state index in [9.17, 15) is 0 Å².